The lowest BCUT2D eigenvalue weighted by Gasteiger charge is -2.36. The van der Waals surface area contributed by atoms with Crippen LogP contribution in [0.15, 0.2) is 64.8 Å². The van der Waals surface area contributed by atoms with Crippen molar-refractivity contribution < 1.29 is 14.3 Å². The minimum atomic E-state index is -0.633. The quantitative estimate of drug-likeness (QED) is 0.203. The van der Waals surface area contributed by atoms with Crippen LogP contribution in [0.1, 0.15) is 39.0 Å². The maximum absolute atomic E-state index is 12.6. The molecule has 0 saturated carbocycles. The summed E-state index contributed by atoms with van der Waals surface area (Å²) in [6, 6.07) is 17.5. The zero-order chi connectivity index (χ0) is 27.0. The van der Waals surface area contributed by atoms with E-state index in [1.54, 1.807) is 23.5 Å². The van der Waals surface area contributed by atoms with Gasteiger partial charge in [-0.1, -0.05) is 25.8 Å². The summed E-state index contributed by atoms with van der Waals surface area (Å²) < 4.78 is 13.8. The molecule has 0 atom stereocenters. The molecule has 1 fully saturated rings. The van der Waals surface area contributed by atoms with Crippen molar-refractivity contribution in [1.29, 1.82) is 0 Å². The third kappa shape index (κ3) is 6.62. The maximum Gasteiger partial charge on any atom is 0.421 e. The summed E-state index contributed by atoms with van der Waals surface area (Å²) in [6.45, 7) is 8.27. The van der Waals surface area contributed by atoms with Gasteiger partial charge in [-0.2, -0.15) is 0 Å². The van der Waals surface area contributed by atoms with Crippen molar-refractivity contribution in [3.8, 4) is 5.75 Å². The highest BCUT2D eigenvalue weighted by atomic mass is 32.1. The fourth-order valence-electron chi connectivity index (χ4n) is 5.16. The van der Waals surface area contributed by atoms with E-state index in [1.165, 1.54) is 21.8 Å². The Kier molecular flexibility index (Phi) is 9.16. The Morgan fingerprint density at radius 2 is 1.74 bits per heavy atom. The predicted octanol–water partition coefficient (Wildman–Crippen LogP) is 6.37. The van der Waals surface area contributed by atoms with E-state index in [-0.39, 0.29) is 0 Å². The number of carbonyl (C=O) groups is 1. The number of piperazine rings is 1. The first-order valence-corrected chi connectivity index (χ1v) is 14.9. The topological polar surface area (TPSA) is 64.0 Å². The first-order valence-electron chi connectivity index (χ1n) is 14.0. The molecule has 4 aromatic rings. The molecular formula is C31H37N3O4S. The molecule has 0 bridgehead atoms. The molecule has 1 aliphatic heterocycles. The van der Waals surface area contributed by atoms with Gasteiger partial charge in [0.25, 0.3) is 5.56 Å². The third-order valence-electron chi connectivity index (χ3n) is 7.35. The second-order valence-electron chi connectivity index (χ2n) is 10.0. The number of hydrogen-bond acceptors (Lipinski definition) is 7. The van der Waals surface area contributed by atoms with Crippen molar-refractivity contribution in [2.75, 3.05) is 50.8 Å². The number of unbranched alkanes of at least 4 members (excludes halogenated alkanes) is 3. The first-order chi connectivity index (χ1) is 19.1. The van der Waals surface area contributed by atoms with Crippen LogP contribution >= 0.6 is 11.3 Å². The Bertz CT molecular complexity index is 1460. The van der Waals surface area contributed by atoms with E-state index in [0.717, 1.165) is 74.8 Å². The molecule has 5 rings (SSSR count). The highest BCUT2D eigenvalue weighted by molar-refractivity contribution is 7.17. The van der Waals surface area contributed by atoms with Gasteiger partial charge in [-0.15, -0.1) is 11.3 Å². The molecule has 0 aliphatic carbocycles. The predicted molar refractivity (Wildman–Crippen MR) is 160 cm³/mol. The second-order valence-corrected chi connectivity index (χ2v) is 11.0. The molecule has 0 N–H and O–H groups in total. The lowest BCUT2D eigenvalue weighted by atomic mass is 10.2. The van der Waals surface area contributed by atoms with Crippen LogP contribution < -0.4 is 15.2 Å². The number of rotatable bonds is 11. The van der Waals surface area contributed by atoms with Crippen molar-refractivity contribution >= 4 is 44.1 Å². The molecule has 0 spiro atoms. The number of pyridine rings is 1. The smallest absolute Gasteiger partial charge is 0.421 e. The van der Waals surface area contributed by atoms with E-state index in [1.807, 2.05) is 12.1 Å². The molecule has 0 amide bonds. The van der Waals surface area contributed by atoms with Crippen LogP contribution in [0.2, 0.25) is 0 Å². The number of aromatic nitrogens is 1. The van der Waals surface area contributed by atoms with Gasteiger partial charge in [-0.05, 0) is 73.0 Å². The van der Waals surface area contributed by atoms with E-state index in [0.29, 0.717) is 24.5 Å². The van der Waals surface area contributed by atoms with Crippen LogP contribution in [0.25, 0.3) is 21.0 Å². The van der Waals surface area contributed by atoms with Crippen LogP contribution in [0.3, 0.4) is 0 Å². The summed E-state index contributed by atoms with van der Waals surface area (Å²) in [5.74, 6) is 0.650. The fourth-order valence-corrected chi connectivity index (χ4v) is 5.97. The average molecular weight is 548 g/mol. The summed E-state index contributed by atoms with van der Waals surface area (Å²) in [6.07, 6.45) is 4.17. The van der Waals surface area contributed by atoms with Gasteiger partial charge in [0, 0.05) is 54.1 Å². The third-order valence-corrected chi connectivity index (χ3v) is 8.23. The largest absolute Gasteiger partial charge is 0.494 e. The monoisotopic (exact) mass is 547 g/mol. The molecule has 7 nitrogen and oxygen atoms in total. The summed E-state index contributed by atoms with van der Waals surface area (Å²) in [7, 11) is 0. The molecule has 0 radical (unpaired) electrons. The number of anilines is 1. The Balaban J connectivity index is 1.09. The lowest BCUT2D eigenvalue weighted by Crippen LogP contribution is -2.46. The Morgan fingerprint density at radius 1 is 0.923 bits per heavy atom. The fraction of sp³-hybridized carbons (Fsp3) is 0.419. The van der Waals surface area contributed by atoms with Gasteiger partial charge in [0.05, 0.1) is 18.7 Å². The highest BCUT2D eigenvalue weighted by Crippen LogP contribution is 2.31. The molecule has 1 aliphatic rings. The number of benzene rings is 2. The summed E-state index contributed by atoms with van der Waals surface area (Å²) in [4.78, 5) is 30.2. The molecule has 0 unspecified atom stereocenters. The number of fused-ring (bicyclic) bond motifs is 2. The standard InChI is InChI=1S/C31H37N3O4S/c1-2-3-5-21-38-31(36)34-28-23-25(12-10-24(28)11-13-30(34)35)37-20-6-4-15-32-16-18-33(19-17-32)27-8-7-9-29-26(27)14-22-39-29/h7-14,22-23H,2-6,15-21H2,1H3. The van der Waals surface area contributed by atoms with E-state index in [9.17, 15) is 9.59 Å². The Hall–Kier alpha value is -3.36. The van der Waals surface area contributed by atoms with E-state index >= 15 is 0 Å². The van der Waals surface area contributed by atoms with Crippen molar-refractivity contribution in [2.24, 2.45) is 0 Å². The normalized spacial score (nSPS) is 14.2. The van der Waals surface area contributed by atoms with Gasteiger partial charge in [0.1, 0.15) is 5.75 Å². The van der Waals surface area contributed by atoms with Crippen LogP contribution in [-0.2, 0) is 4.74 Å². The molecular weight excluding hydrogens is 510 g/mol. The van der Waals surface area contributed by atoms with Gasteiger partial charge < -0.3 is 14.4 Å². The second kappa shape index (κ2) is 13.1. The molecule has 206 valence electrons. The lowest BCUT2D eigenvalue weighted by molar-refractivity contribution is 0.146. The number of nitrogens with zero attached hydrogens (tertiary/aromatic N) is 3. The minimum absolute atomic E-state index is 0.311. The Morgan fingerprint density at radius 3 is 2.59 bits per heavy atom. The van der Waals surface area contributed by atoms with Crippen molar-refractivity contribution in [1.82, 2.24) is 9.47 Å². The summed E-state index contributed by atoms with van der Waals surface area (Å²) >= 11 is 1.80. The van der Waals surface area contributed by atoms with E-state index in [4.69, 9.17) is 9.47 Å². The van der Waals surface area contributed by atoms with Gasteiger partial charge >= 0.3 is 6.09 Å². The van der Waals surface area contributed by atoms with E-state index < -0.39 is 11.7 Å². The van der Waals surface area contributed by atoms with Crippen LogP contribution in [-0.4, -0.2) is 61.5 Å². The summed E-state index contributed by atoms with van der Waals surface area (Å²) in [5, 5.41) is 4.33. The van der Waals surface area contributed by atoms with Gasteiger partial charge in [-0.3, -0.25) is 9.69 Å². The van der Waals surface area contributed by atoms with Gasteiger partial charge in [0.2, 0.25) is 0 Å². The molecule has 3 heterocycles. The SMILES string of the molecule is CCCCCOC(=O)n1c(=O)ccc2ccc(OCCCCN3CCN(c4cccc5sccc45)CC3)cc21. The molecule has 8 heteroatoms. The van der Waals surface area contributed by atoms with Crippen molar-refractivity contribution in [3.63, 3.8) is 0 Å². The van der Waals surface area contributed by atoms with Gasteiger partial charge in [-0.25, -0.2) is 9.36 Å². The zero-order valence-corrected chi connectivity index (χ0v) is 23.5. The molecule has 2 aromatic heterocycles. The summed E-state index contributed by atoms with van der Waals surface area (Å²) in [5.41, 5.74) is 1.47. The van der Waals surface area contributed by atoms with E-state index in [2.05, 4.69) is 46.4 Å². The molecule has 39 heavy (non-hydrogen) atoms. The average Bonchev–Trinajstić information content (AvgIpc) is 3.45. The molecule has 2 aromatic carbocycles. The Labute approximate surface area is 233 Å². The van der Waals surface area contributed by atoms with Crippen molar-refractivity contribution in [3.05, 3.63) is 70.3 Å². The van der Waals surface area contributed by atoms with Crippen LogP contribution in [0.4, 0.5) is 10.5 Å². The first kappa shape index (κ1) is 27.2. The number of thiophene rings is 1. The minimum Gasteiger partial charge on any atom is -0.494 e. The maximum atomic E-state index is 12.6. The number of ether oxygens (including phenoxy) is 2. The van der Waals surface area contributed by atoms with Crippen LogP contribution in [0, 0.1) is 0 Å². The molecule has 1 saturated heterocycles. The van der Waals surface area contributed by atoms with Crippen molar-refractivity contribution in [2.45, 2.75) is 39.0 Å². The number of carbonyl (C=O) groups excluding carboxylic acids is 1. The van der Waals surface area contributed by atoms with Crippen LogP contribution in [0.5, 0.6) is 5.75 Å². The zero-order valence-electron chi connectivity index (χ0n) is 22.6. The number of hydrogen-bond donors (Lipinski definition) is 0. The highest BCUT2D eigenvalue weighted by Gasteiger charge is 2.18. The van der Waals surface area contributed by atoms with Gasteiger partial charge in [0.15, 0.2) is 0 Å².